The maximum absolute atomic E-state index is 11.3. The van der Waals surface area contributed by atoms with Crippen molar-refractivity contribution < 1.29 is 9.53 Å². The molecule has 1 amide bonds. The van der Waals surface area contributed by atoms with Gasteiger partial charge in [0.25, 0.3) is 0 Å². The minimum atomic E-state index is -0.409. The summed E-state index contributed by atoms with van der Waals surface area (Å²) in [7, 11) is 0. The van der Waals surface area contributed by atoms with E-state index in [2.05, 4.69) is 5.32 Å². The maximum atomic E-state index is 11.3. The fourth-order valence-electron chi connectivity index (χ4n) is 3.51. The van der Waals surface area contributed by atoms with Gasteiger partial charge in [-0.25, -0.2) is 0 Å². The lowest BCUT2D eigenvalue weighted by Crippen LogP contribution is -2.32. The van der Waals surface area contributed by atoms with E-state index in [-0.39, 0.29) is 0 Å². The van der Waals surface area contributed by atoms with E-state index < -0.39 is 5.91 Å². The number of hydrogen-bond donors (Lipinski definition) is 2. The minimum absolute atomic E-state index is 0.409. The summed E-state index contributed by atoms with van der Waals surface area (Å²) in [5, 5.41) is 3.62. The number of hydrogen-bond acceptors (Lipinski definition) is 3. The number of ether oxygens (including phenoxy) is 1. The third kappa shape index (κ3) is 5.33. The predicted molar refractivity (Wildman–Crippen MR) is 105 cm³/mol. The van der Waals surface area contributed by atoms with Crippen LogP contribution in [0, 0.1) is 0 Å². The summed E-state index contributed by atoms with van der Waals surface area (Å²) in [5.74, 6) is 0.454. The molecule has 1 fully saturated rings. The van der Waals surface area contributed by atoms with Gasteiger partial charge in [0.05, 0.1) is 0 Å². The minimum Gasteiger partial charge on any atom is -0.492 e. The van der Waals surface area contributed by atoms with Gasteiger partial charge in [-0.2, -0.15) is 0 Å². The molecule has 3 N–H and O–H groups in total. The number of carbonyl (C=O) groups is 1. The van der Waals surface area contributed by atoms with Crippen LogP contribution in [0.4, 0.5) is 0 Å². The van der Waals surface area contributed by atoms with Gasteiger partial charge >= 0.3 is 0 Å². The predicted octanol–water partition coefficient (Wildman–Crippen LogP) is 4.14. The highest BCUT2D eigenvalue weighted by molar-refractivity contribution is 5.94. The third-order valence-electron chi connectivity index (χ3n) is 4.99. The summed E-state index contributed by atoms with van der Waals surface area (Å²) in [4.78, 5) is 11.3. The molecule has 0 radical (unpaired) electrons. The van der Waals surface area contributed by atoms with Crippen molar-refractivity contribution in [3.63, 3.8) is 0 Å². The standard InChI is InChI=1S/C22H28N2O2/c23-22(25)19-7-5-6-18(16-19)17-10-12-21(13-11-17)26-15-14-24-20-8-3-1-2-4-9-20/h5-7,10-13,16,20,24H,1-4,8-9,14-15H2,(H2,23,25). The first-order valence-electron chi connectivity index (χ1n) is 9.59. The summed E-state index contributed by atoms with van der Waals surface area (Å²) in [6, 6.07) is 16.0. The van der Waals surface area contributed by atoms with Gasteiger partial charge in [-0.05, 0) is 48.2 Å². The van der Waals surface area contributed by atoms with Gasteiger partial charge in [0.2, 0.25) is 5.91 Å². The van der Waals surface area contributed by atoms with Crippen molar-refractivity contribution in [1.29, 1.82) is 0 Å². The Hall–Kier alpha value is -2.33. The molecule has 1 saturated carbocycles. The van der Waals surface area contributed by atoms with E-state index in [0.717, 1.165) is 23.4 Å². The Kier molecular flexibility index (Phi) is 6.67. The number of nitrogens with one attached hydrogen (secondary N) is 1. The average molecular weight is 352 g/mol. The van der Waals surface area contributed by atoms with Gasteiger partial charge in [-0.3, -0.25) is 4.79 Å². The average Bonchev–Trinajstić information content (AvgIpc) is 2.95. The van der Waals surface area contributed by atoms with Gasteiger partial charge in [-0.1, -0.05) is 49.9 Å². The number of carbonyl (C=O) groups excluding carboxylic acids is 1. The fraction of sp³-hybridized carbons (Fsp3) is 0.409. The van der Waals surface area contributed by atoms with Crippen molar-refractivity contribution in [3.8, 4) is 16.9 Å². The second-order valence-corrected chi connectivity index (χ2v) is 6.96. The Morgan fingerprint density at radius 2 is 1.73 bits per heavy atom. The molecular weight excluding hydrogens is 324 g/mol. The van der Waals surface area contributed by atoms with Crippen LogP contribution in [0.3, 0.4) is 0 Å². The van der Waals surface area contributed by atoms with E-state index in [1.807, 2.05) is 42.5 Å². The summed E-state index contributed by atoms with van der Waals surface area (Å²) >= 11 is 0. The molecule has 1 aliphatic carbocycles. The molecule has 0 atom stereocenters. The first-order chi connectivity index (χ1) is 12.7. The third-order valence-corrected chi connectivity index (χ3v) is 4.99. The van der Waals surface area contributed by atoms with Crippen molar-refractivity contribution in [1.82, 2.24) is 5.32 Å². The lowest BCUT2D eigenvalue weighted by Gasteiger charge is -2.16. The van der Waals surface area contributed by atoms with Crippen molar-refractivity contribution >= 4 is 5.91 Å². The maximum Gasteiger partial charge on any atom is 0.248 e. The van der Waals surface area contributed by atoms with Crippen LogP contribution in [0.1, 0.15) is 48.9 Å². The molecule has 1 aliphatic rings. The van der Waals surface area contributed by atoms with Crippen LogP contribution in [-0.4, -0.2) is 25.1 Å². The molecule has 2 aromatic carbocycles. The first-order valence-corrected chi connectivity index (χ1v) is 9.59. The Labute approximate surface area is 155 Å². The number of benzene rings is 2. The van der Waals surface area contributed by atoms with Crippen LogP contribution in [-0.2, 0) is 0 Å². The van der Waals surface area contributed by atoms with Gasteiger partial charge in [0, 0.05) is 18.2 Å². The molecule has 0 spiro atoms. The van der Waals surface area contributed by atoms with Crippen LogP contribution in [0.25, 0.3) is 11.1 Å². The number of amides is 1. The van der Waals surface area contributed by atoms with E-state index in [9.17, 15) is 4.79 Å². The highest BCUT2D eigenvalue weighted by Crippen LogP contribution is 2.23. The summed E-state index contributed by atoms with van der Waals surface area (Å²) in [6.45, 7) is 1.56. The van der Waals surface area contributed by atoms with Crippen LogP contribution < -0.4 is 15.8 Å². The van der Waals surface area contributed by atoms with E-state index in [1.54, 1.807) is 6.07 Å². The zero-order valence-electron chi connectivity index (χ0n) is 15.2. The Bertz CT molecular complexity index is 704. The summed E-state index contributed by atoms with van der Waals surface area (Å²) in [5.41, 5.74) is 7.89. The lowest BCUT2D eigenvalue weighted by molar-refractivity contribution is 0.100. The molecule has 4 nitrogen and oxygen atoms in total. The second-order valence-electron chi connectivity index (χ2n) is 6.96. The highest BCUT2D eigenvalue weighted by atomic mass is 16.5. The quantitative estimate of drug-likeness (QED) is 0.581. The summed E-state index contributed by atoms with van der Waals surface area (Å²) in [6.07, 6.45) is 8.03. The molecule has 3 rings (SSSR count). The van der Waals surface area contributed by atoms with Crippen LogP contribution in [0.15, 0.2) is 48.5 Å². The largest absolute Gasteiger partial charge is 0.492 e. The van der Waals surface area contributed by atoms with Crippen molar-refractivity contribution in [2.45, 2.75) is 44.6 Å². The molecule has 0 heterocycles. The Morgan fingerprint density at radius 3 is 2.42 bits per heavy atom. The van der Waals surface area contributed by atoms with Crippen molar-refractivity contribution in [2.24, 2.45) is 5.73 Å². The SMILES string of the molecule is NC(=O)c1cccc(-c2ccc(OCCNC3CCCCCC3)cc2)c1. The number of primary amides is 1. The molecule has 0 unspecified atom stereocenters. The van der Waals surface area contributed by atoms with Crippen molar-refractivity contribution in [3.05, 3.63) is 54.1 Å². The van der Waals surface area contributed by atoms with Gasteiger partial charge in [0.15, 0.2) is 0 Å². The normalized spacial score (nSPS) is 15.4. The molecule has 138 valence electrons. The fourth-order valence-corrected chi connectivity index (χ4v) is 3.51. The van der Waals surface area contributed by atoms with Crippen LogP contribution >= 0.6 is 0 Å². The van der Waals surface area contributed by atoms with Gasteiger partial charge in [-0.15, -0.1) is 0 Å². The molecule has 26 heavy (non-hydrogen) atoms. The monoisotopic (exact) mass is 352 g/mol. The smallest absolute Gasteiger partial charge is 0.248 e. The highest BCUT2D eigenvalue weighted by Gasteiger charge is 2.11. The molecule has 0 aromatic heterocycles. The molecule has 0 bridgehead atoms. The zero-order valence-corrected chi connectivity index (χ0v) is 15.2. The first kappa shape index (κ1) is 18.5. The van der Waals surface area contributed by atoms with Crippen molar-refractivity contribution in [2.75, 3.05) is 13.2 Å². The molecule has 0 saturated heterocycles. The topological polar surface area (TPSA) is 64.4 Å². The second kappa shape index (κ2) is 9.39. The molecule has 4 heteroatoms. The lowest BCUT2D eigenvalue weighted by atomic mass is 10.0. The molecule has 2 aromatic rings. The number of nitrogens with two attached hydrogens (primary N) is 1. The van der Waals surface area contributed by atoms with E-state index in [4.69, 9.17) is 10.5 Å². The Balaban J connectivity index is 1.48. The van der Waals surface area contributed by atoms with E-state index in [0.29, 0.717) is 18.2 Å². The Morgan fingerprint density at radius 1 is 1.00 bits per heavy atom. The molecule has 0 aliphatic heterocycles. The van der Waals surface area contributed by atoms with Crippen LogP contribution in [0.5, 0.6) is 5.75 Å². The zero-order chi connectivity index (χ0) is 18.2. The number of rotatable bonds is 7. The van der Waals surface area contributed by atoms with E-state index in [1.165, 1.54) is 38.5 Å². The van der Waals surface area contributed by atoms with Gasteiger partial charge in [0.1, 0.15) is 12.4 Å². The summed E-state index contributed by atoms with van der Waals surface area (Å²) < 4.78 is 5.84. The van der Waals surface area contributed by atoms with Gasteiger partial charge < -0.3 is 15.8 Å². The van der Waals surface area contributed by atoms with Crippen LogP contribution in [0.2, 0.25) is 0 Å². The molecular formula is C22H28N2O2. The van der Waals surface area contributed by atoms with E-state index >= 15 is 0 Å².